The fourth-order valence-electron chi connectivity index (χ4n) is 2.45. The van der Waals surface area contributed by atoms with E-state index in [1.54, 1.807) is 0 Å². The van der Waals surface area contributed by atoms with Crippen LogP contribution in [0.15, 0.2) is 34.8 Å². The van der Waals surface area contributed by atoms with Gasteiger partial charge in [-0.05, 0) is 30.7 Å². The summed E-state index contributed by atoms with van der Waals surface area (Å²) in [6.45, 7) is 5.52. The summed E-state index contributed by atoms with van der Waals surface area (Å²) in [5.41, 5.74) is 0.962. The Morgan fingerprint density at radius 3 is 2.90 bits per heavy atom. The molecule has 2 aromatic rings. The van der Waals surface area contributed by atoms with Crippen molar-refractivity contribution in [1.82, 2.24) is 9.88 Å². The van der Waals surface area contributed by atoms with E-state index < -0.39 is 0 Å². The average Bonchev–Trinajstić information content (AvgIpc) is 2.52. The molecule has 1 aromatic carbocycles. The Kier molecular flexibility index (Phi) is 5.06. The van der Waals surface area contributed by atoms with Gasteiger partial charge in [0.1, 0.15) is 0 Å². The third kappa shape index (κ3) is 4.15. The second kappa shape index (κ2) is 7.20. The van der Waals surface area contributed by atoms with Crippen molar-refractivity contribution in [3.05, 3.63) is 34.8 Å². The van der Waals surface area contributed by atoms with Gasteiger partial charge in [-0.3, -0.25) is 4.90 Å². The lowest BCUT2D eigenvalue weighted by molar-refractivity contribution is 0.0357. The fourth-order valence-corrected chi connectivity index (χ4v) is 2.83. The van der Waals surface area contributed by atoms with Crippen molar-refractivity contribution in [3.63, 3.8) is 0 Å². The average molecular weight is 351 g/mol. The fraction of sp³-hybridized carbons (Fsp3) is 0.438. The minimum atomic E-state index is 0.701. The van der Waals surface area contributed by atoms with Crippen LogP contribution in [0.4, 0.5) is 0 Å². The van der Waals surface area contributed by atoms with Gasteiger partial charge in [0.15, 0.2) is 0 Å². The summed E-state index contributed by atoms with van der Waals surface area (Å²) in [5.74, 6) is 0.701. The number of halogens is 1. The first-order valence-electron chi connectivity index (χ1n) is 7.30. The molecule has 1 aliphatic heterocycles. The monoisotopic (exact) mass is 350 g/mol. The molecule has 21 heavy (non-hydrogen) atoms. The molecule has 0 unspecified atom stereocenters. The van der Waals surface area contributed by atoms with Crippen LogP contribution in [-0.2, 0) is 4.74 Å². The van der Waals surface area contributed by atoms with E-state index in [9.17, 15) is 0 Å². The molecule has 1 aliphatic rings. The van der Waals surface area contributed by atoms with Gasteiger partial charge in [-0.15, -0.1) is 0 Å². The normalized spacial score (nSPS) is 16.2. The van der Waals surface area contributed by atoms with E-state index in [2.05, 4.69) is 31.9 Å². The molecule has 0 N–H and O–H groups in total. The maximum absolute atomic E-state index is 5.75. The smallest absolute Gasteiger partial charge is 0.213 e. The van der Waals surface area contributed by atoms with E-state index in [0.717, 1.165) is 54.6 Å². The number of fused-ring (bicyclic) bond motifs is 1. The van der Waals surface area contributed by atoms with Crippen LogP contribution in [0.5, 0.6) is 5.88 Å². The van der Waals surface area contributed by atoms with E-state index in [1.165, 1.54) is 0 Å². The first-order chi connectivity index (χ1) is 10.3. The Labute approximate surface area is 133 Å². The predicted molar refractivity (Wildman–Crippen MR) is 86.8 cm³/mol. The molecule has 5 heteroatoms. The first kappa shape index (κ1) is 14.8. The standard InChI is InChI=1S/C16H19BrN2O2/c17-14-3-4-15-13(12-14)2-5-16(18-15)21-9-1-6-19-7-10-20-11-8-19/h2-5,12H,1,6-11H2. The van der Waals surface area contributed by atoms with E-state index in [0.29, 0.717) is 12.5 Å². The quantitative estimate of drug-likeness (QED) is 0.776. The highest BCUT2D eigenvalue weighted by molar-refractivity contribution is 9.10. The first-order valence-corrected chi connectivity index (χ1v) is 8.10. The number of aromatic nitrogens is 1. The largest absolute Gasteiger partial charge is 0.478 e. The van der Waals surface area contributed by atoms with E-state index in [1.807, 2.05) is 24.3 Å². The van der Waals surface area contributed by atoms with Crippen LogP contribution < -0.4 is 4.74 Å². The number of rotatable bonds is 5. The van der Waals surface area contributed by atoms with Crippen molar-refractivity contribution in [2.75, 3.05) is 39.5 Å². The molecule has 2 heterocycles. The topological polar surface area (TPSA) is 34.6 Å². The second-order valence-electron chi connectivity index (χ2n) is 5.14. The molecule has 0 saturated carbocycles. The SMILES string of the molecule is Brc1ccc2nc(OCCCN3CCOCC3)ccc2c1. The Morgan fingerprint density at radius 2 is 2.05 bits per heavy atom. The molecule has 1 aromatic heterocycles. The van der Waals surface area contributed by atoms with Gasteiger partial charge in [0.05, 0.1) is 25.3 Å². The van der Waals surface area contributed by atoms with Crippen molar-refractivity contribution in [3.8, 4) is 5.88 Å². The van der Waals surface area contributed by atoms with Crippen LogP contribution in [0.25, 0.3) is 10.9 Å². The summed E-state index contributed by atoms with van der Waals surface area (Å²) in [7, 11) is 0. The van der Waals surface area contributed by atoms with Gasteiger partial charge in [-0.25, -0.2) is 4.98 Å². The molecule has 112 valence electrons. The molecule has 4 nitrogen and oxygen atoms in total. The summed E-state index contributed by atoms with van der Waals surface area (Å²) in [5, 5.41) is 1.12. The van der Waals surface area contributed by atoms with Crippen LogP contribution in [0.1, 0.15) is 6.42 Å². The molecule has 3 rings (SSSR count). The minimum Gasteiger partial charge on any atom is -0.478 e. The summed E-state index contributed by atoms with van der Waals surface area (Å²) >= 11 is 3.47. The number of nitrogens with zero attached hydrogens (tertiary/aromatic N) is 2. The van der Waals surface area contributed by atoms with E-state index in [4.69, 9.17) is 9.47 Å². The van der Waals surface area contributed by atoms with Crippen molar-refractivity contribution in [1.29, 1.82) is 0 Å². The van der Waals surface area contributed by atoms with Crippen LogP contribution in [-0.4, -0.2) is 49.3 Å². The molecule has 0 bridgehead atoms. The lowest BCUT2D eigenvalue weighted by Gasteiger charge is -2.26. The molecule has 0 atom stereocenters. The molecular formula is C16H19BrN2O2. The molecule has 0 spiro atoms. The highest BCUT2D eigenvalue weighted by Crippen LogP contribution is 2.20. The van der Waals surface area contributed by atoms with Gasteiger partial charge in [0, 0.05) is 35.6 Å². The highest BCUT2D eigenvalue weighted by atomic mass is 79.9. The predicted octanol–water partition coefficient (Wildman–Crippen LogP) is 3.10. The van der Waals surface area contributed by atoms with E-state index >= 15 is 0 Å². The molecule has 0 radical (unpaired) electrons. The number of hydrogen-bond donors (Lipinski definition) is 0. The number of pyridine rings is 1. The van der Waals surface area contributed by atoms with Gasteiger partial charge < -0.3 is 9.47 Å². The van der Waals surface area contributed by atoms with Crippen molar-refractivity contribution in [2.24, 2.45) is 0 Å². The molecule has 1 saturated heterocycles. The highest BCUT2D eigenvalue weighted by Gasteiger charge is 2.09. The molecule has 0 aliphatic carbocycles. The second-order valence-corrected chi connectivity index (χ2v) is 6.06. The molecule has 1 fully saturated rings. The molecular weight excluding hydrogens is 332 g/mol. The number of hydrogen-bond acceptors (Lipinski definition) is 4. The summed E-state index contributed by atoms with van der Waals surface area (Å²) in [6, 6.07) is 10.0. The number of morpholine rings is 1. The lowest BCUT2D eigenvalue weighted by Crippen LogP contribution is -2.37. The Morgan fingerprint density at radius 1 is 1.19 bits per heavy atom. The summed E-state index contributed by atoms with van der Waals surface area (Å²) < 4.78 is 12.2. The summed E-state index contributed by atoms with van der Waals surface area (Å²) in [6.07, 6.45) is 1.01. The van der Waals surface area contributed by atoms with Gasteiger partial charge in [0.2, 0.25) is 5.88 Å². The van der Waals surface area contributed by atoms with E-state index in [-0.39, 0.29) is 0 Å². The van der Waals surface area contributed by atoms with Gasteiger partial charge in [0.25, 0.3) is 0 Å². The Bertz CT molecular complexity index is 600. The Hall–Kier alpha value is -1.17. The van der Waals surface area contributed by atoms with Crippen molar-refractivity contribution in [2.45, 2.75) is 6.42 Å². The summed E-state index contributed by atoms with van der Waals surface area (Å²) in [4.78, 5) is 6.94. The zero-order valence-electron chi connectivity index (χ0n) is 11.9. The number of benzene rings is 1. The third-order valence-corrected chi connectivity index (χ3v) is 4.09. The van der Waals surface area contributed by atoms with Crippen molar-refractivity contribution < 1.29 is 9.47 Å². The lowest BCUT2D eigenvalue weighted by atomic mass is 10.2. The zero-order valence-corrected chi connectivity index (χ0v) is 13.5. The zero-order chi connectivity index (χ0) is 14.5. The van der Waals surface area contributed by atoms with Crippen LogP contribution in [0.2, 0.25) is 0 Å². The van der Waals surface area contributed by atoms with Gasteiger partial charge in [-0.1, -0.05) is 15.9 Å². The molecule has 0 amide bonds. The number of ether oxygens (including phenoxy) is 2. The minimum absolute atomic E-state index is 0.701. The Balaban J connectivity index is 1.49. The van der Waals surface area contributed by atoms with Gasteiger partial charge >= 0.3 is 0 Å². The van der Waals surface area contributed by atoms with Crippen molar-refractivity contribution >= 4 is 26.8 Å². The maximum Gasteiger partial charge on any atom is 0.213 e. The third-order valence-electron chi connectivity index (χ3n) is 3.60. The van der Waals surface area contributed by atoms with Crippen LogP contribution in [0.3, 0.4) is 0 Å². The maximum atomic E-state index is 5.75. The van der Waals surface area contributed by atoms with Crippen LogP contribution >= 0.6 is 15.9 Å². The van der Waals surface area contributed by atoms with Crippen LogP contribution in [0, 0.1) is 0 Å². The van der Waals surface area contributed by atoms with Gasteiger partial charge in [-0.2, -0.15) is 0 Å².